The van der Waals surface area contributed by atoms with Gasteiger partial charge in [-0.2, -0.15) is 0 Å². The lowest BCUT2D eigenvalue weighted by Crippen LogP contribution is -2.23. The number of ketones is 1. The van der Waals surface area contributed by atoms with E-state index in [4.69, 9.17) is 10.2 Å². The Labute approximate surface area is 158 Å². The van der Waals surface area contributed by atoms with Gasteiger partial charge in [0.15, 0.2) is 0 Å². The van der Waals surface area contributed by atoms with Crippen LogP contribution < -0.4 is 0 Å². The Morgan fingerprint density at radius 3 is 2.00 bits per heavy atom. The summed E-state index contributed by atoms with van der Waals surface area (Å²) in [5.41, 5.74) is 3.09. The summed E-state index contributed by atoms with van der Waals surface area (Å²) in [6, 6.07) is 17.7. The highest BCUT2D eigenvalue weighted by atomic mass is 16.4. The third-order valence-corrected chi connectivity index (χ3v) is 4.64. The van der Waals surface area contributed by atoms with Crippen LogP contribution >= 0.6 is 0 Å². The largest absolute Gasteiger partial charge is 0.481 e. The fourth-order valence-electron chi connectivity index (χ4n) is 3.04. The number of carbonyl (C=O) groups is 3. The van der Waals surface area contributed by atoms with Gasteiger partial charge in [-0.25, -0.2) is 0 Å². The first-order chi connectivity index (χ1) is 12.9. The Bertz CT molecular complexity index is 780. The van der Waals surface area contributed by atoms with Crippen molar-refractivity contribution in [2.75, 3.05) is 0 Å². The summed E-state index contributed by atoms with van der Waals surface area (Å²) in [6.07, 6.45) is 0.303. The van der Waals surface area contributed by atoms with Gasteiger partial charge in [0.2, 0.25) is 0 Å². The second-order valence-electron chi connectivity index (χ2n) is 6.80. The number of hydrogen-bond donors (Lipinski definition) is 2. The predicted octanol–water partition coefficient (Wildman–Crippen LogP) is 4.06. The van der Waals surface area contributed by atoms with E-state index in [1.807, 2.05) is 54.6 Å². The minimum Gasteiger partial charge on any atom is -0.481 e. The average Bonchev–Trinajstić information content (AvgIpc) is 2.66. The van der Waals surface area contributed by atoms with Crippen molar-refractivity contribution in [1.29, 1.82) is 0 Å². The summed E-state index contributed by atoms with van der Waals surface area (Å²) >= 11 is 0. The van der Waals surface area contributed by atoms with Crippen LogP contribution in [0.3, 0.4) is 0 Å². The molecule has 5 nitrogen and oxygen atoms in total. The van der Waals surface area contributed by atoms with E-state index < -0.39 is 23.8 Å². The van der Waals surface area contributed by atoms with Gasteiger partial charge < -0.3 is 10.2 Å². The molecule has 2 aromatic rings. The van der Waals surface area contributed by atoms with Gasteiger partial charge in [0.25, 0.3) is 0 Å². The van der Waals surface area contributed by atoms with Gasteiger partial charge in [-0.1, -0.05) is 61.5 Å². The number of aliphatic carboxylic acids is 2. The van der Waals surface area contributed by atoms with E-state index in [9.17, 15) is 14.4 Å². The highest BCUT2D eigenvalue weighted by molar-refractivity contribution is 5.85. The molecule has 0 aliphatic carbocycles. The SMILES string of the molecule is C[C@@H](C[C@H](Cc1ccc(-c2ccccc2)cc1)C(=O)CCC(=O)O)C(=O)O. The van der Waals surface area contributed by atoms with Gasteiger partial charge in [-0.3, -0.25) is 14.4 Å². The highest BCUT2D eigenvalue weighted by Gasteiger charge is 2.25. The Hall–Kier alpha value is -2.95. The van der Waals surface area contributed by atoms with Gasteiger partial charge in [-0.15, -0.1) is 0 Å². The molecule has 0 unspecified atom stereocenters. The zero-order chi connectivity index (χ0) is 19.8. The van der Waals surface area contributed by atoms with E-state index in [2.05, 4.69) is 0 Å². The monoisotopic (exact) mass is 368 g/mol. The molecule has 0 aliphatic heterocycles. The van der Waals surface area contributed by atoms with Gasteiger partial charge in [0.05, 0.1) is 12.3 Å². The number of carboxylic acid groups (broad SMARTS) is 2. The molecule has 0 heterocycles. The molecule has 2 rings (SSSR count). The summed E-state index contributed by atoms with van der Waals surface area (Å²) in [4.78, 5) is 34.4. The number of rotatable bonds is 10. The first-order valence-corrected chi connectivity index (χ1v) is 8.98. The maximum absolute atomic E-state index is 12.4. The van der Waals surface area contributed by atoms with Gasteiger partial charge in [-0.05, 0) is 29.5 Å². The lowest BCUT2D eigenvalue weighted by Gasteiger charge is -2.18. The second-order valence-corrected chi connectivity index (χ2v) is 6.80. The van der Waals surface area contributed by atoms with Crippen LogP contribution in [0.25, 0.3) is 11.1 Å². The van der Waals surface area contributed by atoms with E-state index in [0.717, 1.165) is 16.7 Å². The van der Waals surface area contributed by atoms with E-state index in [0.29, 0.717) is 6.42 Å². The number of carbonyl (C=O) groups excluding carboxylic acids is 1. The molecule has 0 radical (unpaired) electrons. The van der Waals surface area contributed by atoms with Crippen molar-refractivity contribution in [2.45, 2.75) is 32.6 Å². The normalized spacial score (nSPS) is 12.9. The summed E-state index contributed by atoms with van der Waals surface area (Å²) in [7, 11) is 0. The Morgan fingerprint density at radius 1 is 0.852 bits per heavy atom. The van der Waals surface area contributed by atoms with Crippen LogP contribution in [0.4, 0.5) is 0 Å². The van der Waals surface area contributed by atoms with Crippen LogP contribution in [0, 0.1) is 11.8 Å². The van der Waals surface area contributed by atoms with E-state index in [-0.39, 0.29) is 25.0 Å². The van der Waals surface area contributed by atoms with Crippen LogP contribution in [0.2, 0.25) is 0 Å². The molecular formula is C22H24O5. The van der Waals surface area contributed by atoms with Crippen LogP contribution in [-0.2, 0) is 20.8 Å². The molecule has 5 heteroatoms. The lowest BCUT2D eigenvalue weighted by atomic mass is 9.85. The van der Waals surface area contributed by atoms with E-state index in [1.165, 1.54) is 0 Å². The van der Waals surface area contributed by atoms with Crippen molar-refractivity contribution < 1.29 is 24.6 Å². The van der Waals surface area contributed by atoms with Gasteiger partial charge >= 0.3 is 11.9 Å². The molecule has 0 spiro atoms. The van der Waals surface area contributed by atoms with Crippen molar-refractivity contribution in [3.05, 3.63) is 60.2 Å². The third-order valence-electron chi connectivity index (χ3n) is 4.64. The molecule has 0 saturated heterocycles. The highest BCUT2D eigenvalue weighted by Crippen LogP contribution is 2.24. The molecule has 2 N–H and O–H groups in total. The number of carboxylic acids is 2. The molecule has 0 fully saturated rings. The molecule has 27 heavy (non-hydrogen) atoms. The Kier molecular flexibility index (Phi) is 7.29. The molecule has 0 amide bonds. The molecular weight excluding hydrogens is 344 g/mol. The zero-order valence-electron chi connectivity index (χ0n) is 15.3. The lowest BCUT2D eigenvalue weighted by molar-refractivity contribution is -0.143. The van der Waals surface area contributed by atoms with Crippen LogP contribution in [-0.4, -0.2) is 27.9 Å². The predicted molar refractivity (Wildman–Crippen MR) is 102 cm³/mol. The maximum atomic E-state index is 12.4. The van der Waals surface area contributed by atoms with Crippen LogP contribution in [0.1, 0.15) is 31.7 Å². The molecule has 0 bridgehead atoms. The van der Waals surface area contributed by atoms with Crippen LogP contribution in [0.15, 0.2) is 54.6 Å². The minimum atomic E-state index is -1.03. The van der Waals surface area contributed by atoms with E-state index in [1.54, 1.807) is 6.92 Å². The van der Waals surface area contributed by atoms with Gasteiger partial charge in [0.1, 0.15) is 5.78 Å². The standard InChI is InChI=1S/C22H24O5/c1-15(22(26)27)13-19(20(23)11-12-21(24)25)14-16-7-9-18(10-8-16)17-5-3-2-4-6-17/h2-10,15,19H,11-14H2,1H3,(H,24,25)(H,26,27)/t15-,19+/m0/s1. The quantitative estimate of drug-likeness (QED) is 0.660. The number of Topliss-reactive ketones (excluding diaryl/α,β-unsaturated/α-hetero) is 1. The Morgan fingerprint density at radius 2 is 1.44 bits per heavy atom. The number of benzene rings is 2. The van der Waals surface area contributed by atoms with Crippen molar-refractivity contribution in [2.24, 2.45) is 11.8 Å². The van der Waals surface area contributed by atoms with Gasteiger partial charge in [0, 0.05) is 12.3 Å². The van der Waals surface area contributed by atoms with Crippen LogP contribution in [0.5, 0.6) is 0 Å². The smallest absolute Gasteiger partial charge is 0.306 e. The Balaban J connectivity index is 2.12. The molecule has 142 valence electrons. The topological polar surface area (TPSA) is 91.7 Å². The fourth-order valence-corrected chi connectivity index (χ4v) is 3.04. The summed E-state index contributed by atoms with van der Waals surface area (Å²) < 4.78 is 0. The van der Waals surface area contributed by atoms with Crippen molar-refractivity contribution in [3.8, 4) is 11.1 Å². The molecule has 0 aromatic heterocycles. The number of hydrogen-bond acceptors (Lipinski definition) is 3. The average molecular weight is 368 g/mol. The van der Waals surface area contributed by atoms with Crippen molar-refractivity contribution >= 4 is 17.7 Å². The maximum Gasteiger partial charge on any atom is 0.306 e. The molecule has 0 saturated carbocycles. The minimum absolute atomic E-state index is 0.0750. The second kappa shape index (κ2) is 9.67. The fraction of sp³-hybridized carbons (Fsp3) is 0.318. The van der Waals surface area contributed by atoms with E-state index >= 15 is 0 Å². The summed E-state index contributed by atoms with van der Waals surface area (Å²) in [5.74, 6) is -3.34. The first-order valence-electron chi connectivity index (χ1n) is 8.98. The third kappa shape index (κ3) is 6.37. The summed E-state index contributed by atoms with van der Waals surface area (Å²) in [5, 5.41) is 18.0. The molecule has 2 aromatic carbocycles. The summed E-state index contributed by atoms with van der Waals surface area (Å²) in [6.45, 7) is 1.57. The first kappa shape index (κ1) is 20.4. The molecule has 2 atom stereocenters. The van der Waals surface area contributed by atoms with Crippen molar-refractivity contribution in [3.63, 3.8) is 0 Å². The van der Waals surface area contributed by atoms with Crippen molar-refractivity contribution in [1.82, 2.24) is 0 Å². The molecule has 0 aliphatic rings. The zero-order valence-corrected chi connectivity index (χ0v) is 15.3.